The lowest BCUT2D eigenvalue weighted by atomic mass is 10.0. The summed E-state index contributed by atoms with van der Waals surface area (Å²) >= 11 is 10.2. The Hall–Kier alpha value is -0.560. The lowest BCUT2D eigenvalue weighted by molar-refractivity contribution is -0.137. The predicted octanol–water partition coefficient (Wildman–Crippen LogP) is 5.26. The van der Waals surface area contributed by atoms with Crippen molar-refractivity contribution < 1.29 is 18.3 Å². The van der Waals surface area contributed by atoms with Crippen LogP contribution in [0.4, 0.5) is 13.2 Å². The van der Waals surface area contributed by atoms with Crippen LogP contribution < -0.4 is 0 Å². The minimum atomic E-state index is -4.43. The second-order valence-corrected chi connectivity index (χ2v) is 6.61. The van der Waals surface area contributed by atoms with Crippen LogP contribution in [0.15, 0.2) is 34.1 Å². The zero-order valence-corrected chi connectivity index (χ0v) is 12.4. The first kappa shape index (κ1) is 14.8. The zero-order chi connectivity index (χ0) is 14.2. The van der Waals surface area contributed by atoms with Gasteiger partial charge in [0.05, 0.1) is 14.4 Å². The van der Waals surface area contributed by atoms with E-state index < -0.39 is 17.8 Å². The van der Waals surface area contributed by atoms with E-state index in [2.05, 4.69) is 15.9 Å². The summed E-state index contributed by atoms with van der Waals surface area (Å²) in [6.45, 7) is 0. The molecule has 0 bridgehead atoms. The van der Waals surface area contributed by atoms with Crippen LogP contribution in [0.25, 0.3) is 0 Å². The highest BCUT2D eigenvalue weighted by Crippen LogP contribution is 2.38. The van der Waals surface area contributed by atoms with Crippen molar-refractivity contribution in [3.8, 4) is 0 Å². The summed E-state index contributed by atoms with van der Waals surface area (Å²) in [6, 6.07) is 6.15. The van der Waals surface area contributed by atoms with E-state index in [1.165, 1.54) is 29.5 Å². The third-order valence-electron chi connectivity index (χ3n) is 2.46. The highest BCUT2D eigenvalue weighted by atomic mass is 79.9. The molecule has 1 heterocycles. The van der Waals surface area contributed by atoms with Gasteiger partial charge in [-0.2, -0.15) is 13.2 Å². The van der Waals surface area contributed by atoms with Gasteiger partial charge in [0.2, 0.25) is 0 Å². The van der Waals surface area contributed by atoms with Crippen molar-refractivity contribution in [1.82, 2.24) is 0 Å². The second-order valence-electron chi connectivity index (χ2n) is 3.80. The topological polar surface area (TPSA) is 20.2 Å². The first-order valence-corrected chi connectivity index (χ1v) is 7.07. The molecule has 102 valence electrons. The molecule has 0 radical (unpaired) electrons. The summed E-state index contributed by atoms with van der Waals surface area (Å²) in [6.07, 6.45) is -5.56. The minimum Gasteiger partial charge on any atom is -0.383 e. The molecule has 1 aromatic carbocycles. The van der Waals surface area contributed by atoms with Gasteiger partial charge in [-0.15, -0.1) is 11.3 Å². The van der Waals surface area contributed by atoms with Crippen molar-refractivity contribution in [2.45, 2.75) is 12.3 Å². The number of halogens is 5. The maximum absolute atomic E-state index is 12.6. The fourth-order valence-corrected chi connectivity index (χ4v) is 3.31. The van der Waals surface area contributed by atoms with Gasteiger partial charge in [0, 0.05) is 4.88 Å². The molecule has 0 aliphatic heterocycles. The monoisotopic (exact) mass is 370 g/mol. The molecular formula is C12H7BrClF3OS. The standard InChI is InChI=1S/C12H7BrClF3OS/c13-11-8(14)5-9(19-11)10(18)6-2-1-3-7(4-6)12(15,16)17/h1-5,10,18H. The van der Waals surface area contributed by atoms with Gasteiger partial charge in [-0.05, 0) is 39.7 Å². The van der Waals surface area contributed by atoms with Gasteiger partial charge in [0.1, 0.15) is 6.10 Å². The fraction of sp³-hybridized carbons (Fsp3) is 0.167. The maximum Gasteiger partial charge on any atom is 0.416 e. The van der Waals surface area contributed by atoms with Crippen LogP contribution in [0, 0.1) is 0 Å². The molecule has 0 aliphatic carbocycles. The fourth-order valence-electron chi connectivity index (χ4n) is 1.55. The van der Waals surface area contributed by atoms with E-state index in [-0.39, 0.29) is 5.56 Å². The molecule has 0 saturated heterocycles. The van der Waals surface area contributed by atoms with Gasteiger partial charge < -0.3 is 5.11 Å². The highest BCUT2D eigenvalue weighted by molar-refractivity contribution is 9.11. The average Bonchev–Trinajstić information content (AvgIpc) is 2.68. The molecule has 0 fully saturated rings. The Balaban J connectivity index is 2.36. The molecule has 0 aliphatic rings. The number of alkyl halides is 3. The van der Waals surface area contributed by atoms with Crippen molar-refractivity contribution >= 4 is 38.9 Å². The quantitative estimate of drug-likeness (QED) is 0.763. The van der Waals surface area contributed by atoms with Crippen molar-refractivity contribution in [3.05, 3.63) is 55.1 Å². The SMILES string of the molecule is OC(c1cccc(C(F)(F)F)c1)c1cc(Cl)c(Br)s1. The van der Waals surface area contributed by atoms with E-state index in [1.807, 2.05) is 0 Å². The number of aliphatic hydroxyl groups is 1. The molecule has 2 rings (SSSR count). The van der Waals surface area contributed by atoms with Gasteiger partial charge in [-0.25, -0.2) is 0 Å². The van der Waals surface area contributed by atoms with Crippen molar-refractivity contribution in [2.24, 2.45) is 0 Å². The molecule has 1 N–H and O–H groups in total. The van der Waals surface area contributed by atoms with Gasteiger partial charge in [0.15, 0.2) is 0 Å². The van der Waals surface area contributed by atoms with Crippen LogP contribution in [0.5, 0.6) is 0 Å². The first-order valence-electron chi connectivity index (χ1n) is 5.09. The normalized spacial score (nSPS) is 13.6. The lowest BCUT2D eigenvalue weighted by Gasteiger charge is -2.12. The summed E-state index contributed by atoms with van der Waals surface area (Å²) in [5.41, 5.74) is -0.606. The number of aliphatic hydroxyl groups excluding tert-OH is 1. The third-order valence-corrected chi connectivity index (χ3v) is 4.99. The molecule has 0 saturated carbocycles. The summed E-state index contributed by atoms with van der Waals surface area (Å²) in [5, 5.41) is 10.5. The smallest absolute Gasteiger partial charge is 0.383 e. The number of benzene rings is 1. The Morgan fingerprint density at radius 3 is 2.47 bits per heavy atom. The third kappa shape index (κ3) is 3.31. The highest BCUT2D eigenvalue weighted by Gasteiger charge is 2.31. The van der Waals surface area contributed by atoms with Crippen molar-refractivity contribution in [1.29, 1.82) is 0 Å². The van der Waals surface area contributed by atoms with E-state index >= 15 is 0 Å². The second kappa shape index (κ2) is 5.44. The van der Waals surface area contributed by atoms with E-state index in [0.29, 0.717) is 13.7 Å². The lowest BCUT2D eigenvalue weighted by Crippen LogP contribution is -2.06. The maximum atomic E-state index is 12.6. The number of thiophene rings is 1. The molecule has 1 nitrogen and oxygen atoms in total. The molecular weight excluding hydrogens is 365 g/mol. The number of hydrogen-bond acceptors (Lipinski definition) is 2. The average molecular weight is 372 g/mol. The van der Waals surface area contributed by atoms with Crippen LogP contribution in [0.3, 0.4) is 0 Å². The Kier molecular flexibility index (Phi) is 4.25. The van der Waals surface area contributed by atoms with Gasteiger partial charge in [-0.3, -0.25) is 0 Å². The molecule has 0 spiro atoms. The van der Waals surface area contributed by atoms with E-state index in [0.717, 1.165) is 12.1 Å². The summed E-state index contributed by atoms with van der Waals surface area (Å²) < 4.78 is 38.4. The molecule has 1 aromatic heterocycles. The van der Waals surface area contributed by atoms with Gasteiger partial charge in [0.25, 0.3) is 0 Å². The first-order chi connectivity index (χ1) is 8.79. The van der Waals surface area contributed by atoms with Gasteiger partial charge in [-0.1, -0.05) is 23.7 Å². The number of rotatable bonds is 2. The van der Waals surface area contributed by atoms with Crippen molar-refractivity contribution in [3.63, 3.8) is 0 Å². The van der Waals surface area contributed by atoms with E-state index in [9.17, 15) is 18.3 Å². The molecule has 7 heteroatoms. The van der Waals surface area contributed by atoms with E-state index in [1.54, 1.807) is 0 Å². The molecule has 1 atom stereocenters. The summed E-state index contributed by atoms with van der Waals surface area (Å²) in [4.78, 5) is 0.483. The Morgan fingerprint density at radius 1 is 1.26 bits per heavy atom. The largest absolute Gasteiger partial charge is 0.416 e. The Bertz CT molecular complexity index is 577. The Labute approximate surface area is 124 Å². The minimum absolute atomic E-state index is 0.181. The van der Waals surface area contributed by atoms with Crippen LogP contribution in [0.1, 0.15) is 22.1 Å². The summed E-state index contributed by atoms with van der Waals surface area (Å²) in [7, 11) is 0. The van der Waals surface area contributed by atoms with Crippen LogP contribution in [-0.2, 0) is 6.18 Å². The number of hydrogen-bond donors (Lipinski definition) is 1. The van der Waals surface area contributed by atoms with Crippen LogP contribution >= 0.6 is 38.9 Å². The van der Waals surface area contributed by atoms with Crippen molar-refractivity contribution in [2.75, 3.05) is 0 Å². The Morgan fingerprint density at radius 2 is 1.95 bits per heavy atom. The predicted molar refractivity (Wildman–Crippen MR) is 72.5 cm³/mol. The zero-order valence-electron chi connectivity index (χ0n) is 9.21. The van der Waals surface area contributed by atoms with E-state index in [4.69, 9.17) is 11.6 Å². The molecule has 0 amide bonds. The summed E-state index contributed by atoms with van der Waals surface area (Å²) in [5.74, 6) is 0. The molecule has 19 heavy (non-hydrogen) atoms. The van der Waals surface area contributed by atoms with Crippen LogP contribution in [-0.4, -0.2) is 5.11 Å². The van der Waals surface area contributed by atoms with Gasteiger partial charge >= 0.3 is 6.18 Å². The molecule has 1 unspecified atom stereocenters. The van der Waals surface area contributed by atoms with Crippen LogP contribution in [0.2, 0.25) is 5.02 Å². The molecule has 2 aromatic rings.